The third kappa shape index (κ3) is 1.89. The first-order valence-electron chi connectivity index (χ1n) is 5.18. The SMILES string of the molecule is C=CCN1C(=O)C(CC)NC(=O)C1(C)C. The molecule has 1 N–H and O–H groups in total. The molecule has 0 saturated carbocycles. The average Bonchev–Trinajstić information content (AvgIpc) is 2.19. The van der Waals surface area contributed by atoms with Crippen molar-refractivity contribution in [2.24, 2.45) is 0 Å². The van der Waals surface area contributed by atoms with E-state index in [0.29, 0.717) is 13.0 Å². The Balaban J connectivity index is 2.99. The van der Waals surface area contributed by atoms with E-state index in [0.717, 1.165) is 0 Å². The molecule has 0 aromatic carbocycles. The Kier molecular flexibility index (Phi) is 3.17. The van der Waals surface area contributed by atoms with Crippen LogP contribution in [0.1, 0.15) is 27.2 Å². The second kappa shape index (κ2) is 4.04. The first kappa shape index (κ1) is 11.8. The molecular formula is C11H18N2O2. The Morgan fingerprint density at radius 3 is 2.60 bits per heavy atom. The van der Waals surface area contributed by atoms with Gasteiger partial charge >= 0.3 is 0 Å². The zero-order valence-electron chi connectivity index (χ0n) is 9.54. The monoisotopic (exact) mass is 210 g/mol. The molecule has 1 saturated heterocycles. The maximum atomic E-state index is 12.0. The highest BCUT2D eigenvalue weighted by Gasteiger charge is 2.44. The Morgan fingerprint density at radius 1 is 1.53 bits per heavy atom. The molecule has 2 amide bonds. The van der Waals surface area contributed by atoms with Crippen LogP contribution in [0.3, 0.4) is 0 Å². The topological polar surface area (TPSA) is 49.4 Å². The quantitative estimate of drug-likeness (QED) is 0.697. The maximum absolute atomic E-state index is 12.0. The van der Waals surface area contributed by atoms with E-state index in [1.165, 1.54) is 0 Å². The fourth-order valence-electron chi connectivity index (χ4n) is 1.71. The van der Waals surface area contributed by atoms with Gasteiger partial charge in [-0.25, -0.2) is 0 Å². The Hall–Kier alpha value is -1.32. The Labute approximate surface area is 90.3 Å². The van der Waals surface area contributed by atoms with Crippen molar-refractivity contribution >= 4 is 11.8 Å². The molecule has 1 unspecified atom stereocenters. The molecule has 1 atom stereocenters. The van der Waals surface area contributed by atoms with Crippen LogP contribution < -0.4 is 5.32 Å². The number of amides is 2. The van der Waals surface area contributed by atoms with E-state index in [9.17, 15) is 9.59 Å². The second-order valence-corrected chi connectivity index (χ2v) is 4.23. The van der Waals surface area contributed by atoms with E-state index in [2.05, 4.69) is 11.9 Å². The minimum atomic E-state index is -0.781. The van der Waals surface area contributed by atoms with E-state index in [1.807, 2.05) is 6.92 Å². The number of rotatable bonds is 3. The predicted octanol–water partition coefficient (Wildman–Crippen LogP) is 0.688. The molecule has 1 aliphatic heterocycles. The van der Waals surface area contributed by atoms with Crippen LogP contribution in [0.4, 0.5) is 0 Å². The Morgan fingerprint density at radius 2 is 2.13 bits per heavy atom. The number of nitrogens with zero attached hydrogens (tertiary/aromatic N) is 1. The summed E-state index contributed by atoms with van der Waals surface area (Å²) >= 11 is 0. The maximum Gasteiger partial charge on any atom is 0.246 e. The lowest BCUT2D eigenvalue weighted by molar-refractivity contribution is -0.154. The Bertz CT molecular complexity index is 297. The molecule has 4 heteroatoms. The summed E-state index contributed by atoms with van der Waals surface area (Å²) in [6.45, 7) is 9.39. The molecule has 0 aromatic heterocycles. The zero-order valence-corrected chi connectivity index (χ0v) is 9.54. The lowest BCUT2D eigenvalue weighted by Gasteiger charge is -2.43. The molecule has 1 heterocycles. The molecule has 0 radical (unpaired) electrons. The van der Waals surface area contributed by atoms with Gasteiger partial charge in [0, 0.05) is 6.54 Å². The van der Waals surface area contributed by atoms with Crippen LogP contribution in [0.15, 0.2) is 12.7 Å². The van der Waals surface area contributed by atoms with Gasteiger partial charge in [0.2, 0.25) is 11.8 Å². The first-order valence-corrected chi connectivity index (χ1v) is 5.18. The molecule has 0 aliphatic carbocycles. The molecular weight excluding hydrogens is 192 g/mol. The molecule has 4 nitrogen and oxygen atoms in total. The molecule has 1 fully saturated rings. The summed E-state index contributed by atoms with van der Waals surface area (Å²) in [6.07, 6.45) is 2.26. The number of nitrogens with one attached hydrogen (secondary N) is 1. The average molecular weight is 210 g/mol. The van der Waals surface area contributed by atoms with Crippen molar-refractivity contribution in [3.05, 3.63) is 12.7 Å². The fourth-order valence-corrected chi connectivity index (χ4v) is 1.71. The standard InChI is InChI=1S/C11H18N2O2/c1-5-7-13-9(14)8(6-2)12-10(15)11(13,3)4/h5,8H,1,6-7H2,2-4H3,(H,12,15). The van der Waals surface area contributed by atoms with Crippen LogP contribution in [0, 0.1) is 0 Å². The lowest BCUT2D eigenvalue weighted by Crippen LogP contribution is -2.68. The number of hydrogen-bond acceptors (Lipinski definition) is 2. The number of hydrogen-bond donors (Lipinski definition) is 1. The van der Waals surface area contributed by atoms with E-state index >= 15 is 0 Å². The van der Waals surface area contributed by atoms with Crippen LogP contribution in [-0.2, 0) is 9.59 Å². The number of carbonyl (C=O) groups is 2. The predicted molar refractivity (Wildman–Crippen MR) is 58.2 cm³/mol. The largest absolute Gasteiger partial charge is 0.342 e. The second-order valence-electron chi connectivity index (χ2n) is 4.23. The summed E-state index contributed by atoms with van der Waals surface area (Å²) < 4.78 is 0. The highest BCUT2D eigenvalue weighted by atomic mass is 16.2. The van der Waals surface area contributed by atoms with E-state index < -0.39 is 5.54 Å². The fraction of sp³-hybridized carbons (Fsp3) is 0.636. The van der Waals surface area contributed by atoms with Gasteiger partial charge in [0.25, 0.3) is 0 Å². The number of piperazine rings is 1. The van der Waals surface area contributed by atoms with Gasteiger partial charge in [-0.05, 0) is 20.3 Å². The van der Waals surface area contributed by atoms with Gasteiger partial charge in [0.15, 0.2) is 0 Å². The summed E-state index contributed by atoms with van der Waals surface area (Å²) in [5.74, 6) is -0.127. The smallest absolute Gasteiger partial charge is 0.246 e. The minimum Gasteiger partial charge on any atom is -0.342 e. The highest BCUT2D eigenvalue weighted by molar-refractivity contribution is 5.99. The molecule has 1 aliphatic rings. The molecule has 1 rings (SSSR count). The molecule has 0 bridgehead atoms. The van der Waals surface area contributed by atoms with E-state index in [4.69, 9.17) is 0 Å². The van der Waals surface area contributed by atoms with Crippen LogP contribution in [0.25, 0.3) is 0 Å². The van der Waals surface area contributed by atoms with E-state index in [1.54, 1.807) is 24.8 Å². The van der Waals surface area contributed by atoms with Crippen molar-refractivity contribution in [3.8, 4) is 0 Å². The van der Waals surface area contributed by atoms with Crippen LogP contribution in [0.2, 0.25) is 0 Å². The van der Waals surface area contributed by atoms with Crippen molar-refractivity contribution in [1.82, 2.24) is 10.2 Å². The zero-order chi connectivity index (χ0) is 11.6. The normalized spacial score (nSPS) is 25.0. The van der Waals surface area contributed by atoms with Gasteiger partial charge in [0.05, 0.1) is 0 Å². The summed E-state index contributed by atoms with van der Waals surface area (Å²) in [7, 11) is 0. The van der Waals surface area contributed by atoms with Crippen molar-refractivity contribution in [1.29, 1.82) is 0 Å². The van der Waals surface area contributed by atoms with Gasteiger partial charge in [0.1, 0.15) is 11.6 Å². The van der Waals surface area contributed by atoms with Crippen molar-refractivity contribution < 1.29 is 9.59 Å². The summed E-state index contributed by atoms with van der Waals surface area (Å²) in [5, 5.41) is 2.73. The number of carbonyl (C=O) groups excluding carboxylic acids is 2. The summed E-state index contributed by atoms with van der Waals surface area (Å²) in [4.78, 5) is 25.3. The van der Waals surface area contributed by atoms with Crippen LogP contribution >= 0.6 is 0 Å². The van der Waals surface area contributed by atoms with Crippen LogP contribution in [-0.4, -0.2) is 34.8 Å². The molecule has 0 aromatic rings. The third-order valence-corrected chi connectivity index (χ3v) is 2.82. The van der Waals surface area contributed by atoms with Crippen molar-refractivity contribution in [3.63, 3.8) is 0 Å². The van der Waals surface area contributed by atoms with Crippen LogP contribution in [0.5, 0.6) is 0 Å². The van der Waals surface area contributed by atoms with Gasteiger partial charge in [-0.2, -0.15) is 0 Å². The third-order valence-electron chi connectivity index (χ3n) is 2.82. The van der Waals surface area contributed by atoms with Crippen molar-refractivity contribution in [2.75, 3.05) is 6.54 Å². The summed E-state index contributed by atoms with van der Waals surface area (Å²) in [6, 6.07) is -0.384. The molecule has 0 spiro atoms. The van der Waals surface area contributed by atoms with E-state index in [-0.39, 0.29) is 17.9 Å². The lowest BCUT2D eigenvalue weighted by atomic mass is 9.95. The van der Waals surface area contributed by atoms with Gasteiger partial charge in [-0.3, -0.25) is 9.59 Å². The van der Waals surface area contributed by atoms with Gasteiger partial charge in [-0.15, -0.1) is 6.58 Å². The minimum absolute atomic E-state index is 0.0259. The first-order chi connectivity index (χ1) is 6.95. The van der Waals surface area contributed by atoms with Gasteiger partial charge < -0.3 is 10.2 Å². The van der Waals surface area contributed by atoms with Gasteiger partial charge in [-0.1, -0.05) is 13.0 Å². The highest BCUT2D eigenvalue weighted by Crippen LogP contribution is 2.21. The molecule has 15 heavy (non-hydrogen) atoms. The van der Waals surface area contributed by atoms with Crippen molar-refractivity contribution in [2.45, 2.75) is 38.8 Å². The summed E-state index contributed by atoms with van der Waals surface area (Å²) in [5.41, 5.74) is -0.781. The molecule has 84 valence electrons.